The first-order chi connectivity index (χ1) is 12.2. The van der Waals surface area contributed by atoms with Crippen molar-refractivity contribution in [3.05, 3.63) is 69.3 Å². The van der Waals surface area contributed by atoms with E-state index in [0.717, 1.165) is 25.7 Å². The number of pyridine rings is 1. The molecule has 3 aromatic rings. The van der Waals surface area contributed by atoms with Gasteiger partial charge in [-0.2, -0.15) is 0 Å². The highest BCUT2D eigenvalue weighted by molar-refractivity contribution is 5.52. The molecule has 1 fully saturated rings. The molecule has 0 spiro atoms. The first kappa shape index (κ1) is 15.6. The number of nitrogens with zero attached hydrogens (tertiary/aromatic N) is 4. The van der Waals surface area contributed by atoms with Gasteiger partial charge in [0.05, 0.1) is 12.2 Å². The van der Waals surface area contributed by atoms with Gasteiger partial charge in [0.25, 0.3) is 0 Å². The van der Waals surface area contributed by atoms with Crippen molar-refractivity contribution in [3.63, 3.8) is 0 Å². The third-order valence-electron chi connectivity index (χ3n) is 4.62. The van der Waals surface area contributed by atoms with Crippen molar-refractivity contribution in [2.24, 2.45) is 0 Å². The Hall–Kier alpha value is -2.96. The molecule has 0 bridgehead atoms. The average molecular weight is 338 g/mol. The first-order valence-corrected chi connectivity index (χ1v) is 8.41. The molecule has 3 aromatic heterocycles. The van der Waals surface area contributed by atoms with E-state index >= 15 is 0 Å². The summed E-state index contributed by atoms with van der Waals surface area (Å²) < 4.78 is 8.22. The second-order valence-corrected chi connectivity index (χ2v) is 6.28. The Balaban J connectivity index is 1.59. The van der Waals surface area contributed by atoms with Gasteiger partial charge < -0.3 is 13.7 Å². The molecule has 1 aliphatic carbocycles. The van der Waals surface area contributed by atoms with Gasteiger partial charge in [-0.25, -0.2) is 0 Å². The molecule has 128 valence electrons. The number of aromatic nitrogens is 4. The lowest BCUT2D eigenvalue weighted by molar-refractivity contribution is 0.375. The van der Waals surface area contributed by atoms with E-state index in [-0.39, 0.29) is 12.6 Å². The SMILES string of the molecule is O=c1c(=O)n(C2CCCC2)ccn1Cc1cc(-c2ccccn2)no1. The van der Waals surface area contributed by atoms with E-state index in [4.69, 9.17) is 4.52 Å². The molecule has 0 aliphatic heterocycles. The second kappa shape index (κ2) is 6.51. The quantitative estimate of drug-likeness (QED) is 0.681. The normalized spacial score (nSPS) is 14.9. The third kappa shape index (κ3) is 3.05. The smallest absolute Gasteiger partial charge is 0.316 e. The second-order valence-electron chi connectivity index (χ2n) is 6.28. The summed E-state index contributed by atoms with van der Waals surface area (Å²) in [5, 5.41) is 3.98. The fourth-order valence-electron chi connectivity index (χ4n) is 3.31. The Bertz CT molecular complexity index is 981. The molecule has 1 aliphatic rings. The van der Waals surface area contributed by atoms with Crippen LogP contribution < -0.4 is 11.1 Å². The highest BCUT2D eigenvalue weighted by atomic mass is 16.5. The summed E-state index contributed by atoms with van der Waals surface area (Å²) in [5.74, 6) is 0.501. The van der Waals surface area contributed by atoms with Crippen LogP contribution >= 0.6 is 0 Å². The molecule has 4 rings (SSSR count). The summed E-state index contributed by atoms with van der Waals surface area (Å²) in [6, 6.07) is 7.40. The van der Waals surface area contributed by atoms with E-state index in [1.165, 1.54) is 4.57 Å². The van der Waals surface area contributed by atoms with Crippen LogP contribution in [0.1, 0.15) is 37.5 Å². The van der Waals surface area contributed by atoms with Crippen LogP contribution in [0.25, 0.3) is 11.4 Å². The van der Waals surface area contributed by atoms with Gasteiger partial charge in [-0.3, -0.25) is 14.6 Å². The molecule has 0 atom stereocenters. The molecule has 0 saturated heterocycles. The Labute approximate surface area is 143 Å². The lowest BCUT2D eigenvalue weighted by Gasteiger charge is -2.13. The molecule has 0 amide bonds. The Morgan fingerprint density at radius 1 is 1.08 bits per heavy atom. The summed E-state index contributed by atoms with van der Waals surface area (Å²) in [4.78, 5) is 29.0. The molecule has 0 aromatic carbocycles. The fraction of sp³-hybridized carbons (Fsp3) is 0.333. The van der Waals surface area contributed by atoms with Crippen LogP contribution in [0.3, 0.4) is 0 Å². The van der Waals surface area contributed by atoms with Crippen LogP contribution in [-0.2, 0) is 6.54 Å². The minimum atomic E-state index is -0.537. The number of hydrogen-bond donors (Lipinski definition) is 0. The van der Waals surface area contributed by atoms with Crippen LogP contribution in [0, 0.1) is 0 Å². The van der Waals surface area contributed by atoms with Gasteiger partial charge in [0.15, 0.2) is 5.76 Å². The topological polar surface area (TPSA) is 82.9 Å². The van der Waals surface area contributed by atoms with Crippen molar-refractivity contribution in [1.29, 1.82) is 0 Å². The number of hydrogen-bond acceptors (Lipinski definition) is 5. The Morgan fingerprint density at radius 2 is 1.92 bits per heavy atom. The average Bonchev–Trinajstić information content (AvgIpc) is 3.32. The maximum absolute atomic E-state index is 12.4. The predicted molar refractivity (Wildman–Crippen MR) is 91.3 cm³/mol. The Kier molecular flexibility index (Phi) is 4.05. The van der Waals surface area contributed by atoms with Gasteiger partial charge in [-0.1, -0.05) is 24.1 Å². The van der Waals surface area contributed by atoms with Crippen LogP contribution in [0.5, 0.6) is 0 Å². The largest absolute Gasteiger partial charge is 0.359 e. The van der Waals surface area contributed by atoms with E-state index in [9.17, 15) is 9.59 Å². The summed E-state index contributed by atoms with van der Waals surface area (Å²) in [7, 11) is 0. The zero-order valence-corrected chi connectivity index (χ0v) is 13.7. The van der Waals surface area contributed by atoms with Gasteiger partial charge in [-0.05, 0) is 25.0 Å². The molecule has 0 radical (unpaired) electrons. The molecule has 3 heterocycles. The van der Waals surface area contributed by atoms with Crippen molar-refractivity contribution in [1.82, 2.24) is 19.3 Å². The van der Waals surface area contributed by atoms with Crippen molar-refractivity contribution in [3.8, 4) is 11.4 Å². The molecule has 0 unspecified atom stereocenters. The summed E-state index contributed by atoms with van der Waals surface area (Å²) in [6.45, 7) is 0.166. The van der Waals surface area contributed by atoms with E-state index < -0.39 is 11.1 Å². The highest BCUT2D eigenvalue weighted by Gasteiger charge is 2.19. The first-order valence-electron chi connectivity index (χ1n) is 8.41. The Morgan fingerprint density at radius 3 is 2.68 bits per heavy atom. The van der Waals surface area contributed by atoms with Crippen molar-refractivity contribution >= 4 is 0 Å². The van der Waals surface area contributed by atoms with Crippen molar-refractivity contribution in [2.45, 2.75) is 38.3 Å². The van der Waals surface area contributed by atoms with Gasteiger partial charge in [0, 0.05) is 30.7 Å². The molecule has 1 saturated carbocycles. The van der Waals surface area contributed by atoms with E-state index in [0.29, 0.717) is 17.1 Å². The van der Waals surface area contributed by atoms with Gasteiger partial charge in [-0.15, -0.1) is 0 Å². The summed E-state index contributed by atoms with van der Waals surface area (Å²) in [6.07, 6.45) is 9.15. The molecule has 0 N–H and O–H groups in total. The monoisotopic (exact) mass is 338 g/mol. The molecule has 25 heavy (non-hydrogen) atoms. The van der Waals surface area contributed by atoms with Gasteiger partial charge in [0.1, 0.15) is 5.69 Å². The standard InChI is InChI=1S/C18H18N4O3/c23-17-18(24)22(13-5-1-2-6-13)10-9-21(17)12-14-11-16(20-25-14)15-7-3-4-8-19-15/h3-4,7-11,13H,1-2,5-6,12H2. The van der Waals surface area contributed by atoms with Crippen LogP contribution in [0.4, 0.5) is 0 Å². The third-order valence-corrected chi connectivity index (χ3v) is 4.62. The zero-order valence-electron chi connectivity index (χ0n) is 13.7. The number of rotatable bonds is 4. The lowest BCUT2D eigenvalue weighted by Crippen LogP contribution is -2.41. The van der Waals surface area contributed by atoms with Crippen LogP contribution in [0.2, 0.25) is 0 Å². The van der Waals surface area contributed by atoms with E-state index in [1.54, 1.807) is 29.2 Å². The van der Waals surface area contributed by atoms with Crippen molar-refractivity contribution in [2.75, 3.05) is 0 Å². The van der Waals surface area contributed by atoms with Gasteiger partial charge >= 0.3 is 11.1 Å². The fourth-order valence-corrected chi connectivity index (χ4v) is 3.31. The van der Waals surface area contributed by atoms with E-state index in [2.05, 4.69) is 10.1 Å². The molecular formula is C18H18N4O3. The van der Waals surface area contributed by atoms with Crippen molar-refractivity contribution < 1.29 is 4.52 Å². The molecular weight excluding hydrogens is 320 g/mol. The lowest BCUT2D eigenvalue weighted by atomic mass is 10.2. The zero-order chi connectivity index (χ0) is 17.2. The minimum absolute atomic E-state index is 0.149. The van der Waals surface area contributed by atoms with Gasteiger partial charge in [0.2, 0.25) is 0 Å². The van der Waals surface area contributed by atoms with E-state index in [1.807, 2.05) is 18.2 Å². The maximum Gasteiger partial charge on any atom is 0.316 e. The highest BCUT2D eigenvalue weighted by Crippen LogP contribution is 2.27. The summed E-state index contributed by atoms with van der Waals surface area (Å²) in [5.41, 5.74) is 0.286. The minimum Gasteiger partial charge on any atom is -0.359 e. The van der Waals surface area contributed by atoms with Crippen LogP contribution in [0.15, 0.2) is 57.0 Å². The maximum atomic E-state index is 12.4. The molecule has 7 nitrogen and oxygen atoms in total. The predicted octanol–water partition coefficient (Wildman–Crippen LogP) is 2.22. The molecule has 7 heteroatoms. The van der Waals surface area contributed by atoms with Crippen LogP contribution in [-0.4, -0.2) is 19.3 Å². The summed E-state index contributed by atoms with van der Waals surface area (Å²) >= 11 is 0.